The van der Waals surface area contributed by atoms with Crippen LogP contribution in [0, 0.1) is 0 Å². The van der Waals surface area contributed by atoms with Crippen LogP contribution in [0.15, 0.2) is 75.2 Å². The first-order valence-electron chi connectivity index (χ1n) is 7.41. The Bertz CT molecular complexity index is 973. The number of anilines is 1. The van der Waals surface area contributed by atoms with E-state index in [1.807, 2.05) is 60.7 Å². The molecule has 0 radical (unpaired) electrons. The van der Waals surface area contributed by atoms with E-state index in [0.717, 1.165) is 15.7 Å². The maximum Gasteiger partial charge on any atom is 0.330 e. The van der Waals surface area contributed by atoms with Crippen LogP contribution in [0.3, 0.4) is 0 Å². The first-order chi connectivity index (χ1) is 11.6. The van der Waals surface area contributed by atoms with E-state index in [-0.39, 0.29) is 18.1 Å². The number of nitrogen functional groups attached to an aromatic ring is 1. The van der Waals surface area contributed by atoms with Crippen molar-refractivity contribution in [2.24, 2.45) is 4.99 Å². The van der Waals surface area contributed by atoms with Gasteiger partial charge in [-0.1, -0.05) is 60.7 Å². The molecule has 6 heteroatoms. The molecular formula is C18H16N4O2. The Hall–Kier alpha value is -3.41. The van der Waals surface area contributed by atoms with Gasteiger partial charge in [0, 0.05) is 6.21 Å². The van der Waals surface area contributed by atoms with Crippen molar-refractivity contribution in [1.29, 1.82) is 0 Å². The number of aliphatic imine (C=N–C) groups is 1. The fourth-order valence-corrected chi connectivity index (χ4v) is 2.29. The maximum absolute atomic E-state index is 12.6. The molecule has 0 amide bonds. The first kappa shape index (κ1) is 15.5. The Balaban J connectivity index is 2.02. The van der Waals surface area contributed by atoms with Gasteiger partial charge in [-0.2, -0.15) is 0 Å². The molecule has 3 rings (SSSR count). The molecule has 0 spiro atoms. The molecule has 0 saturated carbocycles. The molecule has 0 fully saturated rings. The fraction of sp³-hybridized carbons (Fsp3) is 0.0556. The zero-order valence-corrected chi connectivity index (χ0v) is 12.8. The Morgan fingerprint density at radius 2 is 1.62 bits per heavy atom. The number of nitrogens with one attached hydrogen (secondary N) is 1. The lowest BCUT2D eigenvalue weighted by molar-refractivity contribution is 0.703. The molecule has 0 aliphatic heterocycles. The summed E-state index contributed by atoms with van der Waals surface area (Å²) in [5.74, 6) is -0.0403. The van der Waals surface area contributed by atoms with Crippen LogP contribution in [-0.4, -0.2) is 15.8 Å². The summed E-state index contributed by atoms with van der Waals surface area (Å²) in [6.07, 6.45) is 1.54. The molecule has 6 nitrogen and oxygen atoms in total. The number of benzene rings is 2. The summed E-state index contributed by atoms with van der Waals surface area (Å²) in [6.45, 7) is 0.156. The minimum Gasteiger partial charge on any atom is -0.383 e. The van der Waals surface area contributed by atoms with Gasteiger partial charge < -0.3 is 5.73 Å². The summed E-state index contributed by atoms with van der Waals surface area (Å²) in [5.41, 5.74) is 6.38. The van der Waals surface area contributed by atoms with Crippen molar-refractivity contribution in [2.75, 3.05) is 5.73 Å². The summed E-state index contributed by atoms with van der Waals surface area (Å²) in [6, 6.07) is 18.6. The second-order valence-electron chi connectivity index (χ2n) is 5.24. The van der Waals surface area contributed by atoms with E-state index in [1.54, 1.807) is 0 Å². The number of aromatic nitrogens is 2. The number of nitrogens with zero attached hydrogens (tertiary/aromatic N) is 2. The number of H-pyrrole nitrogens is 1. The molecule has 0 unspecified atom stereocenters. The molecule has 0 aliphatic rings. The second-order valence-corrected chi connectivity index (χ2v) is 5.24. The molecule has 0 aliphatic carbocycles. The molecule has 0 atom stereocenters. The number of aromatic amines is 1. The summed E-state index contributed by atoms with van der Waals surface area (Å²) in [5, 5.41) is 0. The average Bonchev–Trinajstić information content (AvgIpc) is 2.60. The largest absolute Gasteiger partial charge is 0.383 e. The van der Waals surface area contributed by atoms with Crippen molar-refractivity contribution in [2.45, 2.75) is 6.54 Å². The Labute approximate surface area is 137 Å². The van der Waals surface area contributed by atoms with Crippen LogP contribution in [-0.2, 0) is 6.54 Å². The van der Waals surface area contributed by atoms with Gasteiger partial charge in [0.1, 0.15) is 5.82 Å². The molecular weight excluding hydrogens is 304 g/mol. The smallest absolute Gasteiger partial charge is 0.330 e. The molecule has 1 heterocycles. The lowest BCUT2D eigenvalue weighted by atomic mass is 10.2. The van der Waals surface area contributed by atoms with E-state index < -0.39 is 11.2 Å². The van der Waals surface area contributed by atoms with Crippen LogP contribution in [0.1, 0.15) is 11.1 Å². The lowest BCUT2D eigenvalue weighted by Crippen LogP contribution is -2.36. The van der Waals surface area contributed by atoms with Gasteiger partial charge in [-0.3, -0.25) is 14.3 Å². The predicted octanol–water partition coefficient (Wildman–Crippen LogP) is 1.92. The third kappa shape index (κ3) is 3.33. The maximum atomic E-state index is 12.6. The van der Waals surface area contributed by atoms with E-state index in [0.29, 0.717) is 0 Å². The summed E-state index contributed by atoms with van der Waals surface area (Å²) < 4.78 is 1.09. The average molecular weight is 320 g/mol. The van der Waals surface area contributed by atoms with E-state index >= 15 is 0 Å². The zero-order valence-electron chi connectivity index (χ0n) is 12.8. The van der Waals surface area contributed by atoms with Gasteiger partial charge in [0.15, 0.2) is 5.69 Å². The van der Waals surface area contributed by atoms with Crippen molar-refractivity contribution in [3.8, 4) is 0 Å². The van der Waals surface area contributed by atoms with E-state index in [9.17, 15) is 9.59 Å². The normalized spacial score (nSPS) is 11.0. The third-order valence-electron chi connectivity index (χ3n) is 3.52. The number of nitrogens with two attached hydrogens (primary N) is 1. The highest BCUT2D eigenvalue weighted by molar-refractivity contribution is 5.82. The van der Waals surface area contributed by atoms with E-state index in [4.69, 9.17) is 5.73 Å². The molecule has 24 heavy (non-hydrogen) atoms. The van der Waals surface area contributed by atoms with Gasteiger partial charge >= 0.3 is 5.69 Å². The third-order valence-corrected chi connectivity index (χ3v) is 3.52. The number of rotatable bonds is 4. The van der Waals surface area contributed by atoms with Gasteiger partial charge in [0.2, 0.25) is 0 Å². The first-order valence-corrected chi connectivity index (χ1v) is 7.41. The molecule has 3 N–H and O–H groups in total. The summed E-state index contributed by atoms with van der Waals surface area (Å²) >= 11 is 0. The van der Waals surface area contributed by atoms with Crippen molar-refractivity contribution in [3.63, 3.8) is 0 Å². The zero-order chi connectivity index (χ0) is 16.9. The van der Waals surface area contributed by atoms with Gasteiger partial charge in [0.25, 0.3) is 5.56 Å². The van der Waals surface area contributed by atoms with Crippen LogP contribution in [0.5, 0.6) is 0 Å². The SMILES string of the molecule is Nc1[nH]c(=O)n(Cc2ccccc2)c(=O)c1/N=C/c1ccccc1. The van der Waals surface area contributed by atoms with Gasteiger partial charge in [0.05, 0.1) is 6.54 Å². The van der Waals surface area contributed by atoms with Crippen molar-refractivity contribution in [1.82, 2.24) is 9.55 Å². The van der Waals surface area contributed by atoms with Crippen molar-refractivity contribution >= 4 is 17.7 Å². The van der Waals surface area contributed by atoms with Crippen molar-refractivity contribution < 1.29 is 0 Å². The quantitative estimate of drug-likeness (QED) is 0.719. The van der Waals surface area contributed by atoms with Crippen LogP contribution in [0.25, 0.3) is 0 Å². The van der Waals surface area contributed by atoms with Crippen LogP contribution < -0.4 is 17.0 Å². The molecule has 2 aromatic carbocycles. The molecule has 3 aromatic rings. The van der Waals surface area contributed by atoms with Crippen molar-refractivity contribution in [3.05, 3.63) is 92.6 Å². The predicted molar refractivity (Wildman–Crippen MR) is 95.0 cm³/mol. The highest BCUT2D eigenvalue weighted by Gasteiger charge is 2.11. The Morgan fingerprint density at radius 1 is 1.00 bits per heavy atom. The van der Waals surface area contributed by atoms with Gasteiger partial charge in [-0.05, 0) is 11.1 Å². The van der Waals surface area contributed by atoms with Crippen LogP contribution in [0.2, 0.25) is 0 Å². The second kappa shape index (κ2) is 6.78. The number of hydrogen-bond acceptors (Lipinski definition) is 4. The minimum atomic E-state index is -0.556. The summed E-state index contributed by atoms with van der Waals surface area (Å²) in [7, 11) is 0. The van der Waals surface area contributed by atoms with Gasteiger partial charge in [-0.25, -0.2) is 9.79 Å². The highest BCUT2D eigenvalue weighted by Crippen LogP contribution is 2.12. The lowest BCUT2D eigenvalue weighted by Gasteiger charge is -2.07. The standard InChI is InChI=1S/C18H16N4O2/c19-16-15(20-11-13-7-3-1-4-8-13)17(23)22(18(24)21-16)12-14-9-5-2-6-10-14/h1-11H,12,19H2,(H,21,24)/b20-11+. The topological polar surface area (TPSA) is 93.2 Å². The van der Waals surface area contributed by atoms with Crippen LogP contribution in [0.4, 0.5) is 11.5 Å². The molecule has 1 aromatic heterocycles. The monoisotopic (exact) mass is 320 g/mol. The Kier molecular flexibility index (Phi) is 4.38. The van der Waals surface area contributed by atoms with Crippen LogP contribution >= 0.6 is 0 Å². The summed E-state index contributed by atoms with van der Waals surface area (Å²) in [4.78, 5) is 31.3. The minimum absolute atomic E-state index is 0.0226. The fourth-order valence-electron chi connectivity index (χ4n) is 2.29. The Morgan fingerprint density at radius 3 is 2.29 bits per heavy atom. The molecule has 0 bridgehead atoms. The molecule has 120 valence electrons. The van der Waals surface area contributed by atoms with Gasteiger partial charge in [-0.15, -0.1) is 0 Å². The molecule has 0 saturated heterocycles. The highest BCUT2D eigenvalue weighted by atomic mass is 16.2. The number of hydrogen-bond donors (Lipinski definition) is 2. The van der Waals surface area contributed by atoms with E-state index in [2.05, 4.69) is 9.98 Å². The van der Waals surface area contributed by atoms with E-state index in [1.165, 1.54) is 6.21 Å².